The van der Waals surface area contributed by atoms with Crippen molar-refractivity contribution in [3.05, 3.63) is 58.9 Å². The fraction of sp³-hybridized carbons (Fsp3) is 0.250. The number of hydrogen-bond donors (Lipinski definition) is 2. The highest BCUT2D eigenvalue weighted by Crippen LogP contribution is 2.35. The van der Waals surface area contributed by atoms with Gasteiger partial charge in [0.05, 0.1) is 21.8 Å². The van der Waals surface area contributed by atoms with E-state index in [4.69, 9.17) is 5.73 Å². The lowest BCUT2D eigenvalue weighted by molar-refractivity contribution is 0.0999. The standard InChI is InChI=1S/C20H21N5O3S/c1-25-11-16(19(21)26)15-8-5-13-10-23-20(24-17(13)18(15)25)22-9-12-3-6-14(7-4-12)29(2,27)28/h3-4,6-7,10-11H,5,8-9H2,1-2H3,(H2,21,26)(H,22,23,24). The third kappa shape index (κ3) is 3.61. The Bertz CT molecular complexity index is 1210. The molecule has 150 valence electrons. The van der Waals surface area contributed by atoms with E-state index in [1.807, 2.05) is 11.6 Å². The summed E-state index contributed by atoms with van der Waals surface area (Å²) in [4.78, 5) is 21.1. The van der Waals surface area contributed by atoms with Crippen LogP contribution in [0.3, 0.4) is 0 Å². The molecule has 9 heteroatoms. The van der Waals surface area contributed by atoms with Crippen molar-refractivity contribution < 1.29 is 13.2 Å². The van der Waals surface area contributed by atoms with Gasteiger partial charge in [-0.15, -0.1) is 0 Å². The minimum absolute atomic E-state index is 0.285. The molecule has 8 nitrogen and oxygen atoms in total. The summed E-state index contributed by atoms with van der Waals surface area (Å²) in [5.41, 5.74) is 10.6. The molecule has 0 spiro atoms. The molecule has 0 radical (unpaired) electrons. The highest BCUT2D eigenvalue weighted by atomic mass is 32.2. The van der Waals surface area contributed by atoms with Gasteiger partial charge >= 0.3 is 0 Å². The molecular weight excluding hydrogens is 390 g/mol. The minimum Gasteiger partial charge on any atom is -0.366 e. The quantitative estimate of drug-likeness (QED) is 0.659. The van der Waals surface area contributed by atoms with Gasteiger partial charge in [-0.25, -0.2) is 18.4 Å². The van der Waals surface area contributed by atoms with Gasteiger partial charge in [-0.05, 0) is 41.7 Å². The summed E-state index contributed by atoms with van der Waals surface area (Å²) >= 11 is 0. The first kappa shape index (κ1) is 19.1. The molecule has 0 aliphatic heterocycles. The summed E-state index contributed by atoms with van der Waals surface area (Å²) in [6.45, 7) is 0.454. The summed E-state index contributed by atoms with van der Waals surface area (Å²) in [6.07, 6.45) is 6.21. The number of sulfone groups is 1. The van der Waals surface area contributed by atoms with Crippen LogP contribution < -0.4 is 11.1 Å². The summed E-state index contributed by atoms with van der Waals surface area (Å²) < 4.78 is 25.0. The molecule has 29 heavy (non-hydrogen) atoms. The number of aromatic nitrogens is 3. The van der Waals surface area contributed by atoms with E-state index in [0.717, 1.165) is 40.9 Å². The molecule has 1 amide bonds. The number of hydrogen-bond acceptors (Lipinski definition) is 6. The van der Waals surface area contributed by atoms with Crippen LogP contribution in [-0.4, -0.2) is 35.1 Å². The van der Waals surface area contributed by atoms with E-state index in [2.05, 4.69) is 15.3 Å². The highest BCUT2D eigenvalue weighted by molar-refractivity contribution is 7.90. The van der Waals surface area contributed by atoms with Crippen molar-refractivity contribution >= 4 is 21.7 Å². The van der Waals surface area contributed by atoms with E-state index < -0.39 is 15.7 Å². The van der Waals surface area contributed by atoms with Crippen molar-refractivity contribution in [2.75, 3.05) is 11.6 Å². The maximum Gasteiger partial charge on any atom is 0.250 e. The van der Waals surface area contributed by atoms with Gasteiger partial charge in [0, 0.05) is 32.2 Å². The van der Waals surface area contributed by atoms with E-state index in [0.29, 0.717) is 18.1 Å². The molecule has 0 saturated heterocycles. The van der Waals surface area contributed by atoms with Gasteiger partial charge in [-0.3, -0.25) is 4.79 Å². The zero-order valence-corrected chi connectivity index (χ0v) is 17.0. The van der Waals surface area contributed by atoms with Gasteiger partial charge < -0.3 is 15.6 Å². The third-order valence-electron chi connectivity index (χ3n) is 5.09. The number of benzene rings is 1. The molecule has 0 fully saturated rings. The first-order valence-electron chi connectivity index (χ1n) is 9.11. The molecule has 0 atom stereocenters. The Balaban J connectivity index is 1.59. The molecule has 2 aromatic heterocycles. The zero-order chi connectivity index (χ0) is 20.8. The van der Waals surface area contributed by atoms with E-state index in [9.17, 15) is 13.2 Å². The molecule has 3 aromatic rings. The topological polar surface area (TPSA) is 120 Å². The normalized spacial score (nSPS) is 12.9. The minimum atomic E-state index is -3.21. The largest absolute Gasteiger partial charge is 0.366 e. The molecule has 0 saturated carbocycles. The number of rotatable bonds is 5. The van der Waals surface area contributed by atoms with Gasteiger partial charge in [0.1, 0.15) is 0 Å². The Morgan fingerprint density at radius 3 is 2.62 bits per heavy atom. The summed E-state index contributed by atoms with van der Waals surface area (Å²) in [5, 5.41) is 3.18. The van der Waals surface area contributed by atoms with Crippen LogP contribution >= 0.6 is 0 Å². The zero-order valence-electron chi connectivity index (χ0n) is 16.1. The van der Waals surface area contributed by atoms with Crippen LogP contribution in [-0.2, 0) is 36.3 Å². The SMILES string of the molecule is Cn1cc(C(N)=O)c2c1-c1nc(NCc3ccc(S(C)(=O)=O)cc3)ncc1CC2. The molecule has 1 aromatic carbocycles. The van der Waals surface area contributed by atoms with Crippen molar-refractivity contribution in [1.82, 2.24) is 14.5 Å². The number of amides is 1. The number of aryl methyl sites for hydroxylation is 2. The number of nitrogens with two attached hydrogens (primary N) is 1. The maximum absolute atomic E-state index is 11.7. The fourth-order valence-electron chi connectivity index (χ4n) is 3.63. The van der Waals surface area contributed by atoms with Crippen LogP contribution in [0.4, 0.5) is 5.95 Å². The average molecular weight is 411 g/mol. The first-order valence-corrected chi connectivity index (χ1v) is 11.0. The van der Waals surface area contributed by atoms with Gasteiger partial charge in [-0.1, -0.05) is 12.1 Å². The van der Waals surface area contributed by atoms with E-state index in [1.54, 1.807) is 36.7 Å². The summed E-state index contributed by atoms with van der Waals surface area (Å²) in [7, 11) is -1.34. The smallest absolute Gasteiger partial charge is 0.250 e. The van der Waals surface area contributed by atoms with Crippen molar-refractivity contribution in [3.63, 3.8) is 0 Å². The van der Waals surface area contributed by atoms with Crippen molar-refractivity contribution in [2.45, 2.75) is 24.3 Å². The second-order valence-electron chi connectivity index (χ2n) is 7.18. The van der Waals surface area contributed by atoms with Gasteiger partial charge in [0.25, 0.3) is 5.91 Å². The predicted octanol–water partition coefficient (Wildman–Crippen LogP) is 1.70. The van der Waals surface area contributed by atoms with Gasteiger partial charge in [0.15, 0.2) is 9.84 Å². The van der Waals surface area contributed by atoms with E-state index in [1.165, 1.54) is 6.26 Å². The van der Waals surface area contributed by atoms with Gasteiger partial charge in [0.2, 0.25) is 5.95 Å². The van der Waals surface area contributed by atoms with Crippen LogP contribution in [0.15, 0.2) is 41.6 Å². The van der Waals surface area contributed by atoms with Crippen molar-refractivity contribution in [1.29, 1.82) is 0 Å². The fourth-order valence-corrected chi connectivity index (χ4v) is 4.26. The van der Waals surface area contributed by atoms with Crippen LogP contribution in [0.1, 0.15) is 27.0 Å². The lowest BCUT2D eigenvalue weighted by atomic mass is 9.92. The van der Waals surface area contributed by atoms with Gasteiger partial charge in [-0.2, -0.15) is 0 Å². The summed E-state index contributed by atoms with van der Waals surface area (Å²) in [6, 6.07) is 6.69. The maximum atomic E-state index is 11.7. The molecular formula is C20H21N5O3S. The third-order valence-corrected chi connectivity index (χ3v) is 6.22. The lowest BCUT2D eigenvalue weighted by Crippen LogP contribution is -2.15. The Morgan fingerprint density at radius 1 is 1.24 bits per heavy atom. The predicted molar refractivity (Wildman–Crippen MR) is 109 cm³/mol. The van der Waals surface area contributed by atoms with E-state index in [-0.39, 0.29) is 4.90 Å². The Kier molecular flexibility index (Phi) is 4.62. The number of nitrogens with zero attached hydrogens (tertiary/aromatic N) is 3. The Morgan fingerprint density at radius 2 is 1.97 bits per heavy atom. The van der Waals surface area contributed by atoms with Crippen molar-refractivity contribution in [3.8, 4) is 11.4 Å². The molecule has 3 N–H and O–H groups in total. The second kappa shape index (κ2) is 7.00. The molecule has 1 aliphatic carbocycles. The number of anilines is 1. The first-order chi connectivity index (χ1) is 13.7. The Labute approximate surface area is 168 Å². The Hall–Kier alpha value is -3.20. The monoisotopic (exact) mass is 411 g/mol. The average Bonchev–Trinajstić information content (AvgIpc) is 3.03. The number of primary amides is 1. The summed E-state index contributed by atoms with van der Waals surface area (Å²) in [5.74, 6) is 0.0286. The van der Waals surface area contributed by atoms with Crippen LogP contribution in [0.5, 0.6) is 0 Å². The van der Waals surface area contributed by atoms with Crippen LogP contribution in [0, 0.1) is 0 Å². The molecule has 0 bridgehead atoms. The molecule has 2 heterocycles. The molecule has 1 aliphatic rings. The number of carbonyl (C=O) groups excluding carboxylic acids is 1. The highest BCUT2D eigenvalue weighted by Gasteiger charge is 2.26. The van der Waals surface area contributed by atoms with Crippen LogP contribution in [0.25, 0.3) is 11.4 Å². The second-order valence-corrected chi connectivity index (χ2v) is 9.20. The van der Waals surface area contributed by atoms with E-state index >= 15 is 0 Å². The molecule has 0 unspecified atom stereocenters. The van der Waals surface area contributed by atoms with Crippen molar-refractivity contribution in [2.24, 2.45) is 12.8 Å². The number of nitrogens with one attached hydrogen (secondary N) is 1. The van der Waals surface area contributed by atoms with Crippen LogP contribution in [0.2, 0.25) is 0 Å². The lowest BCUT2D eigenvalue weighted by Gasteiger charge is -2.18. The number of carbonyl (C=O) groups is 1. The molecule has 4 rings (SSSR count). The number of fused-ring (bicyclic) bond motifs is 3.